The molecule has 0 saturated heterocycles. The van der Waals surface area contributed by atoms with Gasteiger partial charge >= 0.3 is 0 Å². The van der Waals surface area contributed by atoms with Crippen LogP contribution in [0, 0.1) is 23.7 Å². The van der Waals surface area contributed by atoms with Crippen LogP contribution in [0.25, 0.3) is 21.5 Å². The molecule has 0 unspecified atom stereocenters. The Morgan fingerprint density at radius 1 is 0.500 bits per heavy atom. The molecule has 132 valence electrons. The largest absolute Gasteiger partial charge is 0.0937 e. The number of hydrogen-bond acceptors (Lipinski definition) is 0. The van der Waals surface area contributed by atoms with Crippen LogP contribution in [-0.4, -0.2) is 0 Å². The van der Waals surface area contributed by atoms with E-state index in [0.29, 0.717) is 0 Å². The van der Waals surface area contributed by atoms with E-state index in [-0.39, 0.29) is 0 Å². The van der Waals surface area contributed by atoms with Gasteiger partial charge in [-0.1, -0.05) is 109 Å². The van der Waals surface area contributed by atoms with Crippen molar-refractivity contribution in [3.8, 4) is 23.7 Å². The van der Waals surface area contributed by atoms with Crippen molar-refractivity contribution < 1.29 is 0 Å². The maximum Gasteiger partial charge on any atom is 0.0323 e. The van der Waals surface area contributed by atoms with Crippen molar-refractivity contribution in [2.45, 2.75) is 12.8 Å². The lowest BCUT2D eigenvalue weighted by molar-refractivity contribution is 1.38. The predicted octanol–water partition coefficient (Wildman–Crippen LogP) is 6.73. The fourth-order valence-electron chi connectivity index (χ4n) is 3.25. The van der Waals surface area contributed by atoms with Crippen LogP contribution in [0.2, 0.25) is 0 Å². The molecule has 0 N–H and O–H groups in total. The van der Waals surface area contributed by atoms with E-state index in [0.717, 1.165) is 24.0 Å². The summed E-state index contributed by atoms with van der Waals surface area (Å²) in [4.78, 5) is 0. The van der Waals surface area contributed by atoms with Gasteiger partial charge < -0.3 is 0 Å². The molecule has 0 aliphatic rings. The molecule has 0 aliphatic heterocycles. The van der Waals surface area contributed by atoms with Crippen LogP contribution >= 0.6 is 0 Å². The molecular weight excluding hydrogens is 336 g/mol. The van der Waals surface area contributed by atoms with Crippen LogP contribution in [0.15, 0.2) is 97.1 Å². The predicted molar refractivity (Wildman–Crippen MR) is 120 cm³/mol. The van der Waals surface area contributed by atoms with Gasteiger partial charge in [0.15, 0.2) is 0 Å². The standard InChI is InChI=1S/C28H20/c1(3-5-13-23-17-11-19-25-15-7-9-21-27(23)25)2-4-6-14-24-18-12-20-26-16-8-10-22-28(24)26/h1-2,7-12,15-22H,3-4H2/b2-1-. The fraction of sp³-hybridized carbons (Fsp3) is 0.0714. The summed E-state index contributed by atoms with van der Waals surface area (Å²) in [6, 6.07) is 29.2. The second kappa shape index (κ2) is 8.77. The Kier molecular flexibility index (Phi) is 5.53. The first-order valence-corrected chi connectivity index (χ1v) is 9.50. The number of benzene rings is 4. The molecule has 0 nitrogen and oxygen atoms in total. The summed E-state index contributed by atoms with van der Waals surface area (Å²) in [7, 11) is 0. The highest BCUT2D eigenvalue weighted by Gasteiger charge is 1.96. The lowest BCUT2D eigenvalue weighted by Crippen LogP contribution is -1.78. The van der Waals surface area contributed by atoms with Crippen molar-refractivity contribution >= 4 is 21.5 Å². The molecule has 0 saturated carbocycles. The van der Waals surface area contributed by atoms with E-state index in [9.17, 15) is 0 Å². The van der Waals surface area contributed by atoms with Crippen LogP contribution in [0.1, 0.15) is 24.0 Å². The topological polar surface area (TPSA) is 0 Å². The van der Waals surface area contributed by atoms with E-state index in [1.165, 1.54) is 21.5 Å². The van der Waals surface area contributed by atoms with Crippen molar-refractivity contribution in [2.24, 2.45) is 0 Å². The van der Waals surface area contributed by atoms with Crippen LogP contribution in [0.4, 0.5) is 0 Å². The highest BCUT2D eigenvalue weighted by atomic mass is 14.0. The molecule has 28 heavy (non-hydrogen) atoms. The van der Waals surface area contributed by atoms with Crippen LogP contribution < -0.4 is 0 Å². The molecule has 0 aliphatic carbocycles. The minimum Gasteiger partial charge on any atom is -0.0937 e. The Morgan fingerprint density at radius 2 is 0.929 bits per heavy atom. The summed E-state index contributed by atoms with van der Waals surface area (Å²) in [5.41, 5.74) is 2.17. The number of hydrogen-bond donors (Lipinski definition) is 0. The Hall–Kier alpha value is -3.74. The van der Waals surface area contributed by atoms with Crippen molar-refractivity contribution in [3.63, 3.8) is 0 Å². The number of fused-ring (bicyclic) bond motifs is 2. The smallest absolute Gasteiger partial charge is 0.0323 e. The van der Waals surface area contributed by atoms with Gasteiger partial charge in [-0.2, -0.15) is 0 Å². The van der Waals surface area contributed by atoms with Gasteiger partial charge in [-0.25, -0.2) is 0 Å². The van der Waals surface area contributed by atoms with Gasteiger partial charge in [0.1, 0.15) is 0 Å². The molecule has 0 heteroatoms. The molecule has 0 spiro atoms. The van der Waals surface area contributed by atoms with Gasteiger partial charge in [-0.15, -0.1) is 0 Å². The first-order chi connectivity index (χ1) is 13.9. The maximum absolute atomic E-state index is 3.29. The van der Waals surface area contributed by atoms with Gasteiger partial charge in [-0.05, 0) is 33.7 Å². The summed E-state index contributed by atoms with van der Waals surface area (Å²) in [5, 5.41) is 4.88. The Morgan fingerprint density at radius 3 is 1.43 bits per heavy atom. The molecule has 4 aromatic rings. The van der Waals surface area contributed by atoms with E-state index in [2.05, 4.69) is 121 Å². The molecule has 0 radical (unpaired) electrons. The summed E-state index contributed by atoms with van der Waals surface area (Å²) >= 11 is 0. The Bertz CT molecular complexity index is 1160. The molecule has 0 heterocycles. The average molecular weight is 356 g/mol. The highest BCUT2D eigenvalue weighted by Crippen LogP contribution is 2.18. The van der Waals surface area contributed by atoms with Gasteiger partial charge in [0, 0.05) is 24.0 Å². The molecule has 0 amide bonds. The van der Waals surface area contributed by atoms with Crippen molar-refractivity contribution in [1.29, 1.82) is 0 Å². The van der Waals surface area contributed by atoms with Crippen molar-refractivity contribution in [3.05, 3.63) is 108 Å². The molecule has 0 fully saturated rings. The fourth-order valence-corrected chi connectivity index (χ4v) is 3.25. The van der Waals surface area contributed by atoms with E-state index in [4.69, 9.17) is 0 Å². The Balaban J connectivity index is 1.37. The zero-order valence-electron chi connectivity index (χ0n) is 15.7. The van der Waals surface area contributed by atoms with Crippen LogP contribution in [-0.2, 0) is 0 Å². The first-order valence-electron chi connectivity index (χ1n) is 9.50. The minimum atomic E-state index is 0.735. The van der Waals surface area contributed by atoms with Gasteiger partial charge in [0.2, 0.25) is 0 Å². The van der Waals surface area contributed by atoms with Gasteiger partial charge in [-0.3, -0.25) is 0 Å². The third-order valence-corrected chi connectivity index (χ3v) is 4.63. The van der Waals surface area contributed by atoms with E-state index in [1.807, 2.05) is 0 Å². The molecule has 4 aromatic carbocycles. The maximum atomic E-state index is 3.29. The van der Waals surface area contributed by atoms with Crippen molar-refractivity contribution in [1.82, 2.24) is 0 Å². The number of allylic oxidation sites excluding steroid dienone is 2. The normalized spacial score (nSPS) is 10.4. The van der Waals surface area contributed by atoms with Crippen LogP contribution in [0.5, 0.6) is 0 Å². The quantitative estimate of drug-likeness (QED) is 0.276. The third-order valence-electron chi connectivity index (χ3n) is 4.63. The summed E-state index contributed by atoms with van der Waals surface area (Å²) in [5.74, 6) is 13.1. The second-order valence-electron chi connectivity index (χ2n) is 6.54. The van der Waals surface area contributed by atoms with E-state index >= 15 is 0 Å². The monoisotopic (exact) mass is 356 g/mol. The number of rotatable bonds is 2. The van der Waals surface area contributed by atoms with Gasteiger partial charge in [0.05, 0.1) is 0 Å². The van der Waals surface area contributed by atoms with E-state index in [1.54, 1.807) is 0 Å². The third kappa shape index (κ3) is 4.15. The zero-order valence-corrected chi connectivity index (χ0v) is 15.7. The molecule has 0 aromatic heterocycles. The summed E-state index contributed by atoms with van der Waals surface area (Å²) < 4.78 is 0. The lowest BCUT2D eigenvalue weighted by Gasteiger charge is -1.99. The van der Waals surface area contributed by atoms with Crippen LogP contribution in [0.3, 0.4) is 0 Å². The molecule has 0 bridgehead atoms. The average Bonchev–Trinajstić information content (AvgIpc) is 2.76. The van der Waals surface area contributed by atoms with Gasteiger partial charge in [0.25, 0.3) is 0 Å². The highest BCUT2D eigenvalue weighted by molar-refractivity contribution is 5.88. The second-order valence-corrected chi connectivity index (χ2v) is 6.54. The zero-order chi connectivity index (χ0) is 19.0. The summed E-state index contributed by atoms with van der Waals surface area (Å²) in [6.07, 6.45) is 5.66. The molecular formula is C28H20. The molecule has 0 atom stereocenters. The minimum absolute atomic E-state index is 0.735. The Labute approximate surface area is 166 Å². The first kappa shape index (κ1) is 17.7. The lowest BCUT2D eigenvalue weighted by atomic mass is 10.0. The SMILES string of the molecule is C(#Cc1cccc2ccccc12)C/C=C\CC#Cc1cccc2ccccc12. The van der Waals surface area contributed by atoms with E-state index < -0.39 is 0 Å². The van der Waals surface area contributed by atoms with Crippen molar-refractivity contribution in [2.75, 3.05) is 0 Å². The molecule has 4 rings (SSSR count). The summed E-state index contributed by atoms with van der Waals surface area (Å²) in [6.45, 7) is 0.